The maximum atomic E-state index is 14.0. The lowest BCUT2D eigenvalue weighted by Crippen LogP contribution is -2.48. The van der Waals surface area contributed by atoms with Gasteiger partial charge in [-0.05, 0) is 24.5 Å². The standard InChI is InChI=1S/C14H17FN2O/c1-9(2)10-4-11(15)12(17-5-10)14(18)6-13(3,7-14)8-16/h4-5,9,18H,6-7H2,1-3H3. The molecule has 0 bridgehead atoms. The lowest BCUT2D eigenvalue weighted by Gasteiger charge is -2.46. The molecular formula is C14H17FN2O. The molecule has 4 heteroatoms. The van der Waals surface area contributed by atoms with E-state index in [0.717, 1.165) is 5.56 Å². The third-order valence-corrected chi connectivity index (χ3v) is 3.60. The van der Waals surface area contributed by atoms with Gasteiger partial charge >= 0.3 is 0 Å². The molecule has 0 saturated heterocycles. The van der Waals surface area contributed by atoms with E-state index >= 15 is 0 Å². The molecule has 1 heterocycles. The highest BCUT2D eigenvalue weighted by atomic mass is 19.1. The van der Waals surface area contributed by atoms with Crippen LogP contribution >= 0.6 is 0 Å². The fraction of sp³-hybridized carbons (Fsp3) is 0.571. The Kier molecular flexibility index (Phi) is 2.90. The molecule has 0 aromatic carbocycles. The topological polar surface area (TPSA) is 56.9 Å². The van der Waals surface area contributed by atoms with Crippen LogP contribution in [-0.4, -0.2) is 10.1 Å². The minimum absolute atomic E-state index is 0.0691. The third kappa shape index (κ3) is 1.99. The fourth-order valence-electron chi connectivity index (χ4n) is 2.60. The first-order valence-electron chi connectivity index (χ1n) is 6.09. The number of rotatable bonds is 2. The molecule has 3 nitrogen and oxygen atoms in total. The Balaban J connectivity index is 2.29. The van der Waals surface area contributed by atoms with Crippen LogP contribution < -0.4 is 0 Å². The summed E-state index contributed by atoms with van der Waals surface area (Å²) in [7, 11) is 0. The molecule has 1 fully saturated rings. The van der Waals surface area contributed by atoms with Crippen LogP contribution in [0.4, 0.5) is 4.39 Å². The van der Waals surface area contributed by atoms with Gasteiger partial charge in [-0.25, -0.2) is 4.39 Å². The van der Waals surface area contributed by atoms with E-state index in [1.807, 2.05) is 13.8 Å². The van der Waals surface area contributed by atoms with E-state index in [2.05, 4.69) is 11.1 Å². The highest BCUT2D eigenvalue weighted by Gasteiger charge is 2.54. The summed E-state index contributed by atoms with van der Waals surface area (Å²) in [5, 5.41) is 19.2. The van der Waals surface area contributed by atoms with Crippen LogP contribution in [0.15, 0.2) is 12.3 Å². The van der Waals surface area contributed by atoms with E-state index in [0.29, 0.717) is 0 Å². The van der Waals surface area contributed by atoms with Crippen molar-refractivity contribution in [2.75, 3.05) is 0 Å². The Hall–Kier alpha value is -1.47. The number of halogens is 1. The van der Waals surface area contributed by atoms with E-state index in [1.54, 1.807) is 13.1 Å². The maximum absolute atomic E-state index is 14.0. The van der Waals surface area contributed by atoms with Crippen molar-refractivity contribution in [1.82, 2.24) is 4.98 Å². The van der Waals surface area contributed by atoms with Gasteiger partial charge in [-0.15, -0.1) is 0 Å². The zero-order valence-corrected chi connectivity index (χ0v) is 10.9. The Morgan fingerprint density at radius 1 is 1.50 bits per heavy atom. The Morgan fingerprint density at radius 3 is 2.56 bits per heavy atom. The summed E-state index contributed by atoms with van der Waals surface area (Å²) in [5.74, 6) is -0.287. The molecular weight excluding hydrogens is 231 g/mol. The predicted octanol–water partition coefficient (Wildman–Crippen LogP) is 2.86. The molecule has 1 aromatic heterocycles. The number of hydrogen-bond donors (Lipinski definition) is 1. The van der Waals surface area contributed by atoms with E-state index in [-0.39, 0.29) is 24.5 Å². The van der Waals surface area contributed by atoms with Gasteiger partial charge in [-0.3, -0.25) is 4.98 Å². The number of nitriles is 1. The van der Waals surface area contributed by atoms with Crippen LogP contribution in [0, 0.1) is 22.6 Å². The Bertz CT molecular complexity index is 513. The van der Waals surface area contributed by atoms with E-state index < -0.39 is 16.8 Å². The van der Waals surface area contributed by atoms with Crippen molar-refractivity contribution in [1.29, 1.82) is 5.26 Å². The summed E-state index contributed by atoms with van der Waals surface area (Å²) < 4.78 is 14.0. The first kappa shape index (κ1) is 13.0. The highest BCUT2D eigenvalue weighted by Crippen LogP contribution is 2.53. The highest BCUT2D eigenvalue weighted by molar-refractivity contribution is 5.28. The van der Waals surface area contributed by atoms with Crippen LogP contribution in [0.3, 0.4) is 0 Å². The molecule has 0 radical (unpaired) electrons. The summed E-state index contributed by atoms with van der Waals surface area (Å²) in [6.07, 6.45) is 2.08. The molecule has 0 amide bonds. The molecule has 1 aliphatic rings. The summed E-state index contributed by atoms with van der Waals surface area (Å²) in [6.45, 7) is 5.68. The van der Waals surface area contributed by atoms with Crippen molar-refractivity contribution in [2.24, 2.45) is 5.41 Å². The molecule has 1 saturated carbocycles. The lowest BCUT2D eigenvalue weighted by atomic mass is 9.59. The number of pyridine rings is 1. The van der Waals surface area contributed by atoms with Gasteiger partial charge in [0.25, 0.3) is 0 Å². The van der Waals surface area contributed by atoms with Gasteiger partial charge in [0.1, 0.15) is 17.1 Å². The van der Waals surface area contributed by atoms with Crippen molar-refractivity contribution in [3.8, 4) is 6.07 Å². The van der Waals surface area contributed by atoms with Crippen molar-refractivity contribution in [3.05, 3.63) is 29.3 Å². The van der Waals surface area contributed by atoms with Crippen LogP contribution in [0.5, 0.6) is 0 Å². The summed E-state index contributed by atoms with van der Waals surface area (Å²) in [4.78, 5) is 4.06. The van der Waals surface area contributed by atoms with E-state index in [4.69, 9.17) is 5.26 Å². The molecule has 0 atom stereocenters. The minimum Gasteiger partial charge on any atom is -0.383 e. The van der Waals surface area contributed by atoms with Gasteiger partial charge in [0.15, 0.2) is 0 Å². The molecule has 18 heavy (non-hydrogen) atoms. The predicted molar refractivity (Wildman–Crippen MR) is 65.1 cm³/mol. The summed E-state index contributed by atoms with van der Waals surface area (Å²) >= 11 is 0. The molecule has 0 aliphatic heterocycles. The summed E-state index contributed by atoms with van der Waals surface area (Å²) in [5.41, 5.74) is -0.981. The van der Waals surface area contributed by atoms with Gasteiger partial charge < -0.3 is 5.11 Å². The van der Waals surface area contributed by atoms with Gasteiger partial charge in [-0.2, -0.15) is 5.26 Å². The van der Waals surface area contributed by atoms with Gasteiger partial charge in [0.2, 0.25) is 0 Å². The third-order valence-electron chi connectivity index (χ3n) is 3.60. The van der Waals surface area contributed by atoms with Crippen molar-refractivity contribution >= 4 is 0 Å². The van der Waals surface area contributed by atoms with Crippen LogP contribution in [-0.2, 0) is 5.60 Å². The quantitative estimate of drug-likeness (QED) is 0.875. The first-order valence-corrected chi connectivity index (χ1v) is 6.09. The number of aromatic nitrogens is 1. The molecule has 96 valence electrons. The van der Waals surface area contributed by atoms with Crippen molar-refractivity contribution < 1.29 is 9.50 Å². The van der Waals surface area contributed by atoms with E-state index in [9.17, 15) is 9.50 Å². The largest absolute Gasteiger partial charge is 0.383 e. The Labute approximate surface area is 106 Å². The van der Waals surface area contributed by atoms with Crippen LogP contribution in [0.2, 0.25) is 0 Å². The number of nitrogens with zero attached hydrogens (tertiary/aromatic N) is 2. The second-order valence-corrected chi connectivity index (χ2v) is 5.81. The lowest BCUT2D eigenvalue weighted by molar-refractivity contribution is -0.108. The van der Waals surface area contributed by atoms with Crippen LogP contribution in [0.1, 0.15) is 50.8 Å². The van der Waals surface area contributed by atoms with Gasteiger partial charge in [0.05, 0.1) is 11.5 Å². The van der Waals surface area contributed by atoms with Gasteiger partial charge in [-0.1, -0.05) is 13.8 Å². The minimum atomic E-state index is -1.29. The first-order chi connectivity index (χ1) is 8.30. The molecule has 1 N–H and O–H groups in total. The molecule has 0 unspecified atom stereocenters. The number of hydrogen-bond acceptors (Lipinski definition) is 3. The normalized spacial score (nSPS) is 30.9. The van der Waals surface area contributed by atoms with E-state index in [1.165, 1.54) is 6.07 Å². The average molecular weight is 248 g/mol. The van der Waals surface area contributed by atoms with Crippen molar-refractivity contribution in [3.63, 3.8) is 0 Å². The summed E-state index contributed by atoms with van der Waals surface area (Å²) in [6, 6.07) is 3.57. The SMILES string of the molecule is CC(C)c1cnc(C2(O)CC(C)(C#N)C2)c(F)c1. The van der Waals surface area contributed by atoms with Gasteiger partial charge in [0, 0.05) is 19.0 Å². The second kappa shape index (κ2) is 4.03. The monoisotopic (exact) mass is 248 g/mol. The van der Waals surface area contributed by atoms with Crippen LogP contribution in [0.25, 0.3) is 0 Å². The smallest absolute Gasteiger partial charge is 0.147 e. The van der Waals surface area contributed by atoms with Crippen molar-refractivity contribution in [2.45, 2.75) is 45.1 Å². The maximum Gasteiger partial charge on any atom is 0.147 e. The molecule has 1 aliphatic carbocycles. The molecule has 2 rings (SSSR count). The molecule has 0 spiro atoms. The fourth-order valence-corrected chi connectivity index (χ4v) is 2.60. The Morgan fingerprint density at radius 2 is 2.11 bits per heavy atom. The average Bonchev–Trinajstić information content (AvgIpc) is 2.26. The molecule has 1 aromatic rings. The zero-order chi connectivity index (χ0) is 13.6. The number of aliphatic hydroxyl groups is 1. The second-order valence-electron chi connectivity index (χ2n) is 5.81. The zero-order valence-electron chi connectivity index (χ0n) is 10.9.